The van der Waals surface area contributed by atoms with Crippen LogP contribution in [-0.4, -0.2) is 54.3 Å². The number of hydrogen-bond acceptors (Lipinski definition) is 6. The van der Waals surface area contributed by atoms with Crippen molar-refractivity contribution in [3.63, 3.8) is 0 Å². The van der Waals surface area contributed by atoms with Crippen LogP contribution in [0.15, 0.2) is 0 Å². The molecular formula is C16H24N4OS. The summed E-state index contributed by atoms with van der Waals surface area (Å²) in [6, 6.07) is 0. The van der Waals surface area contributed by atoms with Gasteiger partial charge in [0.05, 0.1) is 12.7 Å². The van der Waals surface area contributed by atoms with Crippen molar-refractivity contribution < 1.29 is 4.74 Å². The Kier molecular flexibility index (Phi) is 4.73. The number of likely N-dealkylation sites (N-methyl/N-ethyl adjacent to an activating group) is 1. The molecule has 3 rings (SSSR count). The first-order chi connectivity index (χ1) is 10.5. The van der Waals surface area contributed by atoms with Gasteiger partial charge in [0, 0.05) is 42.1 Å². The molecule has 3 heterocycles. The van der Waals surface area contributed by atoms with Crippen molar-refractivity contribution in [3.05, 3.63) is 22.0 Å². The van der Waals surface area contributed by atoms with Crippen LogP contribution in [0.3, 0.4) is 0 Å². The van der Waals surface area contributed by atoms with Crippen LogP contribution < -0.4 is 5.32 Å². The number of thiophene rings is 1. The predicted molar refractivity (Wildman–Crippen MR) is 90.6 cm³/mol. The SMILES string of the molecule is Cc1nc(C)c2c(C)c(CNCC3CN(C)CCO3)sc2n1. The lowest BCUT2D eigenvalue weighted by Crippen LogP contribution is -2.44. The first-order valence-electron chi connectivity index (χ1n) is 7.78. The van der Waals surface area contributed by atoms with Crippen LogP contribution in [0.25, 0.3) is 10.2 Å². The Labute approximate surface area is 135 Å². The van der Waals surface area contributed by atoms with Crippen LogP contribution in [-0.2, 0) is 11.3 Å². The van der Waals surface area contributed by atoms with Crippen LogP contribution in [0, 0.1) is 20.8 Å². The van der Waals surface area contributed by atoms with E-state index < -0.39 is 0 Å². The molecule has 1 aliphatic rings. The lowest BCUT2D eigenvalue weighted by atomic mass is 10.1. The molecule has 1 N–H and O–H groups in total. The highest BCUT2D eigenvalue weighted by molar-refractivity contribution is 7.18. The van der Waals surface area contributed by atoms with E-state index in [1.165, 1.54) is 15.8 Å². The van der Waals surface area contributed by atoms with Crippen molar-refractivity contribution in [1.82, 2.24) is 20.2 Å². The van der Waals surface area contributed by atoms with Crippen molar-refractivity contribution >= 4 is 21.6 Å². The van der Waals surface area contributed by atoms with Crippen molar-refractivity contribution in [2.24, 2.45) is 0 Å². The van der Waals surface area contributed by atoms with Gasteiger partial charge in [-0.2, -0.15) is 0 Å². The average molecular weight is 320 g/mol. The Hall–Kier alpha value is -1.08. The van der Waals surface area contributed by atoms with Gasteiger partial charge in [-0.15, -0.1) is 11.3 Å². The summed E-state index contributed by atoms with van der Waals surface area (Å²) < 4.78 is 5.79. The van der Waals surface area contributed by atoms with Gasteiger partial charge in [0.2, 0.25) is 0 Å². The lowest BCUT2D eigenvalue weighted by molar-refractivity contribution is -0.0182. The smallest absolute Gasteiger partial charge is 0.127 e. The molecule has 1 saturated heterocycles. The Balaban J connectivity index is 1.66. The third-order valence-electron chi connectivity index (χ3n) is 4.18. The first-order valence-corrected chi connectivity index (χ1v) is 8.60. The van der Waals surface area contributed by atoms with E-state index in [0.717, 1.165) is 49.1 Å². The molecule has 2 aromatic rings. The molecule has 0 aromatic carbocycles. The fourth-order valence-electron chi connectivity index (χ4n) is 3.03. The van der Waals surface area contributed by atoms with E-state index in [1.54, 1.807) is 11.3 Å². The normalized spacial score (nSPS) is 19.9. The van der Waals surface area contributed by atoms with E-state index in [0.29, 0.717) is 0 Å². The van der Waals surface area contributed by atoms with Gasteiger partial charge in [0.25, 0.3) is 0 Å². The van der Waals surface area contributed by atoms with Gasteiger partial charge in [-0.3, -0.25) is 0 Å². The fraction of sp³-hybridized carbons (Fsp3) is 0.625. The monoisotopic (exact) mass is 320 g/mol. The standard InChI is InChI=1S/C16H24N4OS/c1-10-14(8-17-7-13-9-20(4)5-6-21-13)22-16-15(10)11(2)18-12(3)19-16/h13,17H,5-9H2,1-4H3. The number of rotatable bonds is 4. The summed E-state index contributed by atoms with van der Waals surface area (Å²) in [5.74, 6) is 0.851. The van der Waals surface area contributed by atoms with E-state index >= 15 is 0 Å². The zero-order chi connectivity index (χ0) is 15.7. The average Bonchev–Trinajstić information content (AvgIpc) is 2.75. The molecule has 0 radical (unpaired) electrons. The van der Waals surface area contributed by atoms with Gasteiger partial charge in [-0.1, -0.05) is 0 Å². The summed E-state index contributed by atoms with van der Waals surface area (Å²) in [6.45, 7) is 10.8. The largest absolute Gasteiger partial charge is 0.374 e. The number of nitrogens with zero attached hydrogens (tertiary/aromatic N) is 3. The molecule has 0 saturated carbocycles. The van der Waals surface area contributed by atoms with E-state index in [2.05, 4.69) is 41.1 Å². The second kappa shape index (κ2) is 6.58. The van der Waals surface area contributed by atoms with Gasteiger partial charge < -0.3 is 15.0 Å². The van der Waals surface area contributed by atoms with Crippen LogP contribution >= 0.6 is 11.3 Å². The number of aromatic nitrogens is 2. The number of aryl methyl sites for hydroxylation is 3. The topological polar surface area (TPSA) is 50.3 Å². The van der Waals surface area contributed by atoms with Crippen LogP contribution in [0.2, 0.25) is 0 Å². The molecule has 1 unspecified atom stereocenters. The zero-order valence-corrected chi connectivity index (χ0v) is 14.6. The van der Waals surface area contributed by atoms with Crippen LogP contribution in [0.5, 0.6) is 0 Å². The number of morpholine rings is 1. The van der Waals surface area contributed by atoms with Crippen molar-refractivity contribution in [2.75, 3.05) is 33.3 Å². The number of ether oxygens (including phenoxy) is 1. The highest BCUT2D eigenvalue weighted by Crippen LogP contribution is 2.31. The van der Waals surface area contributed by atoms with Crippen LogP contribution in [0.1, 0.15) is 22.0 Å². The van der Waals surface area contributed by atoms with Gasteiger partial charge in [-0.25, -0.2) is 9.97 Å². The number of nitrogens with one attached hydrogen (secondary N) is 1. The minimum atomic E-state index is 0.289. The van der Waals surface area contributed by atoms with Crippen molar-refractivity contribution in [3.8, 4) is 0 Å². The van der Waals surface area contributed by atoms with Crippen molar-refractivity contribution in [2.45, 2.75) is 33.4 Å². The molecule has 6 heteroatoms. The van der Waals surface area contributed by atoms with Gasteiger partial charge >= 0.3 is 0 Å². The highest BCUT2D eigenvalue weighted by atomic mass is 32.1. The van der Waals surface area contributed by atoms with Gasteiger partial charge in [0.1, 0.15) is 10.7 Å². The third-order valence-corrected chi connectivity index (χ3v) is 5.37. The molecule has 22 heavy (non-hydrogen) atoms. The molecule has 5 nitrogen and oxygen atoms in total. The maximum absolute atomic E-state index is 5.79. The van der Waals surface area contributed by atoms with Gasteiger partial charge in [-0.05, 0) is 33.4 Å². The van der Waals surface area contributed by atoms with Gasteiger partial charge in [0.15, 0.2) is 0 Å². The molecule has 120 valence electrons. The summed E-state index contributed by atoms with van der Waals surface area (Å²) in [4.78, 5) is 13.8. The molecular weight excluding hydrogens is 296 g/mol. The van der Waals surface area contributed by atoms with Crippen molar-refractivity contribution in [1.29, 1.82) is 0 Å². The Morgan fingerprint density at radius 3 is 2.91 bits per heavy atom. The summed E-state index contributed by atoms with van der Waals surface area (Å²) in [5.41, 5.74) is 2.39. The van der Waals surface area contributed by atoms with E-state index in [4.69, 9.17) is 4.74 Å². The highest BCUT2D eigenvalue weighted by Gasteiger charge is 2.18. The molecule has 0 aliphatic carbocycles. The second-order valence-electron chi connectivity index (χ2n) is 6.07. The maximum atomic E-state index is 5.79. The molecule has 0 spiro atoms. The molecule has 0 bridgehead atoms. The maximum Gasteiger partial charge on any atom is 0.127 e. The number of fused-ring (bicyclic) bond motifs is 1. The third kappa shape index (κ3) is 3.30. The van der Waals surface area contributed by atoms with Crippen LogP contribution in [0.4, 0.5) is 0 Å². The first kappa shape index (κ1) is 15.8. The second-order valence-corrected chi connectivity index (χ2v) is 7.16. The summed E-state index contributed by atoms with van der Waals surface area (Å²) in [5, 5.41) is 4.76. The van der Waals surface area contributed by atoms with E-state index in [1.807, 2.05) is 6.92 Å². The summed E-state index contributed by atoms with van der Waals surface area (Å²) in [6.07, 6.45) is 0.289. The molecule has 1 fully saturated rings. The predicted octanol–water partition coefficient (Wildman–Crippen LogP) is 2.04. The summed E-state index contributed by atoms with van der Waals surface area (Å²) >= 11 is 1.77. The van der Waals surface area contributed by atoms with E-state index in [-0.39, 0.29) is 6.10 Å². The Morgan fingerprint density at radius 1 is 1.32 bits per heavy atom. The Bertz CT molecular complexity index is 670. The summed E-state index contributed by atoms with van der Waals surface area (Å²) in [7, 11) is 2.15. The molecule has 2 aromatic heterocycles. The number of hydrogen-bond donors (Lipinski definition) is 1. The quantitative estimate of drug-likeness (QED) is 0.934. The van der Waals surface area contributed by atoms with E-state index in [9.17, 15) is 0 Å². The minimum absolute atomic E-state index is 0.289. The molecule has 1 atom stereocenters. The minimum Gasteiger partial charge on any atom is -0.374 e. The lowest BCUT2D eigenvalue weighted by Gasteiger charge is -2.30. The zero-order valence-electron chi connectivity index (χ0n) is 13.8. The molecule has 0 amide bonds. The molecule has 1 aliphatic heterocycles. The fourth-order valence-corrected chi connectivity index (χ4v) is 4.27. The Morgan fingerprint density at radius 2 is 2.14 bits per heavy atom.